The number of nitrogens with zero attached hydrogens (tertiary/aromatic N) is 2. The number of hydrogen-bond acceptors (Lipinski definition) is 5. The lowest BCUT2D eigenvalue weighted by Gasteiger charge is -2.22. The van der Waals surface area contributed by atoms with E-state index < -0.39 is 5.97 Å². The molecule has 1 aliphatic heterocycles. The normalized spacial score (nSPS) is 14.3. The molecule has 1 N–H and O–H groups in total. The molecule has 2 aromatic rings. The maximum atomic E-state index is 10.9. The van der Waals surface area contributed by atoms with Crippen molar-refractivity contribution in [3.05, 3.63) is 40.3 Å². The van der Waals surface area contributed by atoms with Gasteiger partial charge in [-0.1, -0.05) is 12.1 Å². The van der Waals surface area contributed by atoms with Crippen molar-refractivity contribution in [1.29, 1.82) is 0 Å². The molecule has 20 heavy (non-hydrogen) atoms. The van der Waals surface area contributed by atoms with E-state index in [1.807, 2.05) is 24.3 Å². The van der Waals surface area contributed by atoms with Crippen LogP contribution in [0.25, 0.3) is 0 Å². The van der Waals surface area contributed by atoms with Gasteiger partial charge in [-0.3, -0.25) is 0 Å². The molecule has 1 aromatic heterocycles. The minimum atomic E-state index is -0.971. The van der Waals surface area contributed by atoms with Crippen molar-refractivity contribution in [2.24, 2.45) is 0 Å². The first kappa shape index (κ1) is 12.9. The molecule has 0 bridgehead atoms. The number of rotatable bonds is 3. The second-order valence-electron chi connectivity index (χ2n) is 4.54. The van der Waals surface area contributed by atoms with Crippen molar-refractivity contribution in [3.8, 4) is 5.75 Å². The summed E-state index contributed by atoms with van der Waals surface area (Å²) in [5.74, 6) is -0.0977. The molecular weight excluding hydrogens is 276 g/mol. The number of aromatic carboxylic acids is 1. The van der Waals surface area contributed by atoms with E-state index in [0.29, 0.717) is 13.2 Å². The lowest BCUT2D eigenvalue weighted by molar-refractivity contribution is 0.0696. The summed E-state index contributed by atoms with van der Waals surface area (Å²) in [6, 6.07) is 7.90. The molecule has 3 rings (SSSR count). The Labute approximate surface area is 120 Å². The zero-order valence-corrected chi connectivity index (χ0v) is 11.6. The fourth-order valence-corrected chi connectivity index (χ4v) is 2.88. The first-order chi connectivity index (χ1) is 9.74. The largest absolute Gasteiger partial charge is 0.491 e. The Morgan fingerprint density at radius 2 is 2.30 bits per heavy atom. The summed E-state index contributed by atoms with van der Waals surface area (Å²) < 4.78 is 5.71. The molecule has 1 aliphatic rings. The van der Waals surface area contributed by atoms with Crippen LogP contribution in [0.1, 0.15) is 21.9 Å². The van der Waals surface area contributed by atoms with E-state index >= 15 is 0 Å². The number of carboxylic acids is 1. The third-order valence-electron chi connectivity index (χ3n) is 3.12. The minimum Gasteiger partial charge on any atom is -0.491 e. The van der Waals surface area contributed by atoms with Crippen LogP contribution in [0.4, 0.5) is 5.69 Å². The van der Waals surface area contributed by atoms with Gasteiger partial charge in [-0.15, -0.1) is 11.3 Å². The van der Waals surface area contributed by atoms with Gasteiger partial charge >= 0.3 is 5.97 Å². The van der Waals surface area contributed by atoms with Gasteiger partial charge in [0.15, 0.2) is 0 Å². The Morgan fingerprint density at radius 3 is 3.10 bits per heavy atom. The second kappa shape index (κ2) is 5.50. The summed E-state index contributed by atoms with van der Waals surface area (Å²) in [5, 5.41) is 10.9. The van der Waals surface area contributed by atoms with Crippen LogP contribution in [0.5, 0.6) is 5.75 Å². The fraction of sp³-hybridized carbons (Fsp3) is 0.286. The van der Waals surface area contributed by atoms with Crippen LogP contribution in [0.15, 0.2) is 29.6 Å². The van der Waals surface area contributed by atoms with E-state index in [2.05, 4.69) is 9.88 Å². The fourth-order valence-electron chi connectivity index (χ4n) is 2.24. The molecular formula is C14H14N2O3S. The Kier molecular flexibility index (Phi) is 3.56. The van der Waals surface area contributed by atoms with Crippen LogP contribution in [0, 0.1) is 0 Å². The van der Waals surface area contributed by atoms with Gasteiger partial charge < -0.3 is 14.7 Å². The topological polar surface area (TPSA) is 62.7 Å². The molecule has 0 saturated heterocycles. The zero-order chi connectivity index (χ0) is 13.9. The molecule has 2 heterocycles. The Balaban J connectivity index is 1.84. The van der Waals surface area contributed by atoms with Crippen LogP contribution in [-0.4, -0.2) is 29.2 Å². The number of hydrogen-bond donors (Lipinski definition) is 1. The third-order valence-corrected chi connectivity index (χ3v) is 4.00. The number of aromatic nitrogens is 1. The van der Waals surface area contributed by atoms with E-state index in [9.17, 15) is 4.79 Å². The van der Waals surface area contributed by atoms with E-state index in [1.54, 1.807) is 5.38 Å². The minimum absolute atomic E-state index is 0.138. The maximum absolute atomic E-state index is 10.9. The Morgan fingerprint density at radius 1 is 1.45 bits per heavy atom. The number of para-hydroxylation sites is 2. The van der Waals surface area contributed by atoms with Gasteiger partial charge in [0.05, 0.1) is 24.5 Å². The van der Waals surface area contributed by atoms with Gasteiger partial charge in [0.2, 0.25) is 5.01 Å². The number of thiazole rings is 1. The molecule has 6 heteroatoms. The lowest BCUT2D eigenvalue weighted by Crippen LogP contribution is -2.23. The van der Waals surface area contributed by atoms with E-state index in [0.717, 1.165) is 41.4 Å². The van der Waals surface area contributed by atoms with Gasteiger partial charge in [-0.05, 0) is 18.6 Å². The van der Waals surface area contributed by atoms with Crippen molar-refractivity contribution >= 4 is 23.0 Å². The highest BCUT2D eigenvalue weighted by Gasteiger charge is 2.18. The number of carboxylic acid groups (broad SMARTS) is 1. The summed E-state index contributed by atoms with van der Waals surface area (Å²) in [5.41, 5.74) is 1.82. The van der Waals surface area contributed by atoms with Crippen LogP contribution >= 0.6 is 11.3 Å². The summed E-state index contributed by atoms with van der Waals surface area (Å²) in [7, 11) is 0. The standard InChI is InChI=1S/C14H14N2O3S/c17-14(18)13-15-10(9-20-13)8-16-6-3-7-19-12-5-2-1-4-11(12)16/h1-2,4-5,9H,3,6-8H2,(H,17,18). The second-order valence-corrected chi connectivity index (χ2v) is 5.40. The predicted octanol–water partition coefficient (Wildman–Crippen LogP) is 2.63. The summed E-state index contributed by atoms with van der Waals surface area (Å²) in [6.45, 7) is 2.17. The zero-order valence-electron chi connectivity index (χ0n) is 10.8. The van der Waals surface area contributed by atoms with Crippen LogP contribution < -0.4 is 9.64 Å². The summed E-state index contributed by atoms with van der Waals surface area (Å²) in [4.78, 5) is 17.2. The molecule has 104 valence electrons. The molecule has 0 unspecified atom stereocenters. The number of anilines is 1. The average molecular weight is 290 g/mol. The molecule has 1 aromatic carbocycles. The number of ether oxygens (including phenoxy) is 1. The van der Waals surface area contributed by atoms with Crippen molar-refractivity contribution in [2.45, 2.75) is 13.0 Å². The molecule has 0 amide bonds. The third kappa shape index (κ3) is 2.60. The Hall–Kier alpha value is -2.08. The van der Waals surface area contributed by atoms with E-state index in [1.165, 1.54) is 0 Å². The van der Waals surface area contributed by atoms with E-state index in [-0.39, 0.29) is 5.01 Å². The quantitative estimate of drug-likeness (QED) is 0.941. The number of fused-ring (bicyclic) bond motifs is 1. The van der Waals surface area contributed by atoms with E-state index in [4.69, 9.17) is 9.84 Å². The van der Waals surface area contributed by atoms with Gasteiger partial charge in [0, 0.05) is 11.9 Å². The first-order valence-corrected chi connectivity index (χ1v) is 7.26. The lowest BCUT2D eigenvalue weighted by atomic mass is 10.2. The molecule has 5 nitrogen and oxygen atoms in total. The van der Waals surface area contributed by atoms with Crippen molar-refractivity contribution < 1.29 is 14.6 Å². The van der Waals surface area contributed by atoms with Crippen LogP contribution in [-0.2, 0) is 6.54 Å². The van der Waals surface area contributed by atoms with Gasteiger partial charge in [0.1, 0.15) is 5.75 Å². The molecule has 0 saturated carbocycles. The van der Waals surface area contributed by atoms with Crippen molar-refractivity contribution in [1.82, 2.24) is 4.98 Å². The molecule has 0 atom stereocenters. The van der Waals surface area contributed by atoms with Crippen molar-refractivity contribution in [2.75, 3.05) is 18.1 Å². The first-order valence-electron chi connectivity index (χ1n) is 6.38. The molecule has 0 aliphatic carbocycles. The smallest absolute Gasteiger partial charge is 0.365 e. The van der Waals surface area contributed by atoms with Gasteiger partial charge in [0.25, 0.3) is 0 Å². The predicted molar refractivity (Wildman–Crippen MR) is 76.7 cm³/mol. The highest BCUT2D eigenvalue weighted by Crippen LogP contribution is 2.31. The van der Waals surface area contributed by atoms with Gasteiger partial charge in [-0.2, -0.15) is 0 Å². The highest BCUT2D eigenvalue weighted by atomic mass is 32.1. The number of benzene rings is 1. The molecule has 0 spiro atoms. The Bertz CT molecular complexity index is 626. The van der Waals surface area contributed by atoms with Crippen LogP contribution in [0.2, 0.25) is 0 Å². The monoisotopic (exact) mass is 290 g/mol. The van der Waals surface area contributed by atoms with Gasteiger partial charge in [-0.25, -0.2) is 9.78 Å². The molecule has 0 fully saturated rings. The molecule has 0 radical (unpaired) electrons. The SMILES string of the molecule is O=C(O)c1nc(CN2CCCOc3ccccc32)cs1. The van der Waals surface area contributed by atoms with Crippen LogP contribution in [0.3, 0.4) is 0 Å². The average Bonchev–Trinajstić information content (AvgIpc) is 2.82. The van der Waals surface area contributed by atoms with Crippen molar-refractivity contribution in [3.63, 3.8) is 0 Å². The summed E-state index contributed by atoms with van der Waals surface area (Å²) >= 11 is 1.16. The summed E-state index contributed by atoms with van der Waals surface area (Å²) in [6.07, 6.45) is 0.935. The maximum Gasteiger partial charge on any atom is 0.365 e. The highest BCUT2D eigenvalue weighted by molar-refractivity contribution is 7.11. The number of carbonyl (C=O) groups is 1.